The zero-order valence-electron chi connectivity index (χ0n) is 46.5. The standard InChI is InChI=1S/C32H19F6N2O7P.C32H23F6N2O3P/c33-31(34,35)27-18-20(39(41)42)6-16-29(27)46-22-8-12-25(13-9-22)48(45,24-4-2-1-3-5-24)26-14-10-23(11-15-26)47-30-17-7-21(40(43)44)19-28(30)32(36,37)38;33-31(34,35)27-18-20(39)6-16-29(27)42-22-8-12-25(13-9-22)44(41,24-4-2-1-3-5-24)26-14-10-23(11-15-26)43-30-17-7-21(40)19-28(30)32(36,37)38/h1-19H;1-19H,39-40H2. The number of nitro benzene ring substituents is 2. The molecule has 92 heavy (non-hydrogen) atoms. The number of nitrogens with zero attached hydrogens (tertiary/aromatic N) is 2. The Labute approximate surface area is 512 Å². The van der Waals surface area contributed by atoms with Crippen molar-refractivity contribution in [1.29, 1.82) is 0 Å². The molecule has 0 saturated heterocycles. The fourth-order valence-electron chi connectivity index (χ4n) is 9.17. The first-order valence-electron chi connectivity index (χ1n) is 26.4. The highest BCUT2D eigenvalue weighted by Gasteiger charge is 2.40. The highest BCUT2D eigenvalue weighted by atomic mass is 31.2. The normalized spacial score (nSPS) is 12.0. The average Bonchev–Trinajstić information content (AvgIpc) is 0.773. The summed E-state index contributed by atoms with van der Waals surface area (Å²) in [7, 11) is -7.28. The third-order valence-electron chi connectivity index (χ3n) is 13.5. The second kappa shape index (κ2) is 26.1. The number of benzene rings is 10. The van der Waals surface area contributed by atoms with Crippen LogP contribution in [0, 0.1) is 20.2 Å². The van der Waals surface area contributed by atoms with E-state index >= 15 is 0 Å². The van der Waals surface area contributed by atoms with Crippen LogP contribution in [0.3, 0.4) is 0 Å². The molecule has 4 N–H and O–H groups in total. The van der Waals surface area contributed by atoms with Crippen LogP contribution < -0.4 is 62.2 Å². The Balaban J connectivity index is 0.000000218. The minimum absolute atomic E-state index is 0.0661. The minimum Gasteiger partial charge on any atom is -0.457 e. The van der Waals surface area contributed by atoms with E-state index in [1.165, 1.54) is 109 Å². The number of anilines is 2. The van der Waals surface area contributed by atoms with Gasteiger partial charge in [-0.2, -0.15) is 52.7 Å². The van der Waals surface area contributed by atoms with Crippen molar-refractivity contribution in [2.75, 3.05) is 11.5 Å². The summed E-state index contributed by atoms with van der Waals surface area (Å²) in [6, 6.07) is 49.2. The Morgan fingerprint density at radius 3 is 0.750 bits per heavy atom. The number of hydrogen-bond acceptors (Lipinski definition) is 12. The van der Waals surface area contributed by atoms with Crippen molar-refractivity contribution in [1.82, 2.24) is 0 Å². The van der Waals surface area contributed by atoms with Crippen LogP contribution in [-0.2, 0) is 33.8 Å². The Hall–Kier alpha value is -10.6. The largest absolute Gasteiger partial charge is 0.457 e. The number of rotatable bonds is 16. The van der Waals surface area contributed by atoms with Gasteiger partial charge in [-0.15, -0.1) is 0 Å². The summed E-state index contributed by atoms with van der Waals surface area (Å²) in [6.07, 6.45) is -19.3. The Morgan fingerprint density at radius 2 is 0.522 bits per heavy atom. The lowest BCUT2D eigenvalue weighted by molar-refractivity contribution is -0.385. The summed E-state index contributed by atoms with van der Waals surface area (Å²) >= 11 is 0. The third kappa shape index (κ3) is 14.8. The predicted octanol–water partition coefficient (Wildman–Crippen LogP) is 16.9. The van der Waals surface area contributed by atoms with Gasteiger partial charge >= 0.3 is 24.7 Å². The van der Waals surface area contributed by atoms with E-state index in [9.17, 15) is 82.0 Å². The number of nitrogen functional groups attached to an aromatic ring is 2. The summed E-state index contributed by atoms with van der Waals surface area (Å²) < 4.78 is 214. The number of ether oxygens (including phenoxy) is 4. The van der Waals surface area contributed by atoms with Gasteiger partial charge < -0.3 is 39.5 Å². The van der Waals surface area contributed by atoms with Crippen LogP contribution in [0.1, 0.15) is 22.3 Å². The molecule has 0 saturated carbocycles. The van der Waals surface area contributed by atoms with Crippen molar-refractivity contribution < 1.29 is 90.6 Å². The molecule has 10 aromatic carbocycles. The average molecular weight is 1320 g/mol. The molecule has 0 aliphatic rings. The van der Waals surface area contributed by atoms with E-state index in [0.29, 0.717) is 33.4 Å². The molecule has 14 nitrogen and oxygen atoms in total. The Morgan fingerprint density at radius 1 is 0.304 bits per heavy atom. The lowest BCUT2D eigenvalue weighted by Crippen LogP contribution is -2.24. The molecule has 28 heteroatoms. The van der Waals surface area contributed by atoms with Crippen molar-refractivity contribution in [2.45, 2.75) is 24.7 Å². The number of nitro groups is 2. The van der Waals surface area contributed by atoms with Crippen molar-refractivity contribution in [3.63, 3.8) is 0 Å². The van der Waals surface area contributed by atoms with Crippen LogP contribution in [-0.4, -0.2) is 9.85 Å². The molecule has 0 heterocycles. The van der Waals surface area contributed by atoms with Crippen molar-refractivity contribution in [2.24, 2.45) is 0 Å². The molecule has 10 aromatic rings. The summed E-state index contributed by atoms with van der Waals surface area (Å²) in [4.78, 5) is 20.1. The molecule has 0 fully saturated rings. The molecular weight excluding hydrogens is 1270 g/mol. The van der Waals surface area contributed by atoms with E-state index < -0.39 is 105 Å². The first-order valence-corrected chi connectivity index (χ1v) is 29.8. The van der Waals surface area contributed by atoms with Gasteiger partial charge in [0.2, 0.25) is 0 Å². The Bertz CT molecular complexity index is 4190. The molecule has 0 amide bonds. The minimum atomic E-state index is -4.97. The molecule has 0 atom stereocenters. The molecule has 0 radical (unpaired) electrons. The predicted molar refractivity (Wildman–Crippen MR) is 320 cm³/mol. The molecule has 0 aromatic heterocycles. The van der Waals surface area contributed by atoms with E-state index in [0.717, 1.165) is 48.5 Å². The first-order chi connectivity index (χ1) is 43.3. The quantitative estimate of drug-likeness (QED) is 0.0304. The summed E-state index contributed by atoms with van der Waals surface area (Å²) in [5.74, 6) is -2.33. The van der Waals surface area contributed by atoms with E-state index in [-0.39, 0.29) is 45.0 Å². The van der Waals surface area contributed by atoms with Gasteiger partial charge in [0.25, 0.3) is 11.4 Å². The van der Waals surface area contributed by atoms with Crippen LogP contribution in [0.2, 0.25) is 0 Å². The number of alkyl halides is 12. The molecular formula is C64H42F12N4O10P2. The third-order valence-corrected chi connectivity index (χ3v) is 19.7. The summed E-state index contributed by atoms with van der Waals surface area (Å²) in [5.41, 5.74) is 4.53. The van der Waals surface area contributed by atoms with Gasteiger partial charge in [0.1, 0.15) is 68.2 Å². The monoisotopic (exact) mass is 1320 g/mol. The van der Waals surface area contributed by atoms with Crippen molar-refractivity contribution in [3.8, 4) is 46.0 Å². The zero-order valence-corrected chi connectivity index (χ0v) is 48.3. The van der Waals surface area contributed by atoms with Gasteiger partial charge in [0.15, 0.2) is 14.3 Å². The number of hydrogen-bond donors (Lipinski definition) is 2. The topological polar surface area (TPSA) is 209 Å². The second-order valence-electron chi connectivity index (χ2n) is 19.7. The highest BCUT2D eigenvalue weighted by Crippen LogP contribution is 2.48. The molecule has 0 aliphatic carbocycles. The van der Waals surface area contributed by atoms with Gasteiger partial charge in [-0.1, -0.05) is 60.7 Å². The highest BCUT2D eigenvalue weighted by molar-refractivity contribution is 7.85. The maximum absolute atomic E-state index is 14.8. The number of halogens is 12. The van der Waals surface area contributed by atoms with Crippen molar-refractivity contribution >= 4 is 68.9 Å². The fraction of sp³-hybridized carbons (Fsp3) is 0.0625. The van der Waals surface area contributed by atoms with E-state index in [1.807, 2.05) is 0 Å². The smallest absolute Gasteiger partial charge is 0.420 e. The molecule has 0 bridgehead atoms. The molecule has 472 valence electrons. The maximum atomic E-state index is 14.8. The van der Waals surface area contributed by atoms with Gasteiger partial charge in [-0.05, 0) is 146 Å². The molecule has 0 aliphatic heterocycles. The molecule has 10 rings (SSSR count). The van der Waals surface area contributed by atoms with Gasteiger partial charge in [0, 0.05) is 67.5 Å². The van der Waals surface area contributed by atoms with E-state index in [4.69, 9.17) is 30.4 Å². The Kier molecular flexibility index (Phi) is 18.7. The van der Waals surface area contributed by atoms with E-state index in [1.54, 1.807) is 60.7 Å². The zero-order chi connectivity index (χ0) is 66.6. The fourth-order valence-corrected chi connectivity index (χ4v) is 14.4. The van der Waals surface area contributed by atoms with E-state index in [2.05, 4.69) is 0 Å². The van der Waals surface area contributed by atoms with Crippen LogP contribution in [0.5, 0.6) is 46.0 Å². The first kappa shape index (κ1) is 65.9. The second-order valence-corrected chi connectivity index (χ2v) is 25.2. The maximum Gasteiger partial charge on any atom is 0.420 e. The van der Waals surface area contributed by atoms with Crippen LogP contribution in [0.15, 0.2) is 231 Å². The molecule has 0 spiro atoms. The number of nitrogens with two attached hydrogens (primary N) is 2. The van der Waals surface area contributed by atoms with Crippen molar-refractivity contribution in [3.05, 3.63) is 273 Å². The van der Waals surface area contributed by atoms with Gasteiger partial charge in [-0.25, -0.2) is 0 Å². The van der Waals surface area contributed by atoms with Crippen LogP contribution >= 0.6 is 14.3 Å². The van der Waals surface area contributed by atoms with Gasteiger partial charge in [-0.3, -0.25) is 20.2 Å². The van der Waals surface area contributed by atoms with Crippen LogP contribution in [0.25, 0.3) is 0 Å². The summed E-state index contributed by atoms with van der Waals surface area (Å²) in [5, 5.41) is 24.0. The summed E-state index contributed by atoms with van der Waals surface area (Å²) in [6.45, 7) is 0. The lowest BCUT2D eigenvalue weighted by Gasteiger charge is -2.21. The van der Waals surface area contributed by atoms with Gasteiger partial charge in [0.05, 0.1) is 9.85 Å². The molecule has 0 unspecified atom stereocenters. The number of non-ortho nitro benzene ring substituents is 2. The van der Waals surface area contributed by atoms with Crippen LogP contribution in [0.4, 0.5) is 75.4 Å². The SMILES string of the molecule is Nc1ccc(Oc2ccc(P(=O)(c3ccccc3)c3ccc(Oc4ccc(N)cc4C(F)(F)F)cc3)cc2)c(C(F)(F)F)c1.O=[N+]([O-])c1ccc(Oc2ccc(P(=O)(c3ccccc3)c3ccc(Oc4ccc([N+](=O)[O-])cc4C(F)(F)F)cc3)cc2)c(C(F)(F)F)c1. The lowest BCUT2D eigenvalue weighted by atomic mass is 10.1.